The summed E-state index contributed by atoms with van der Waals surface area (Å²) in [5.74, 6) is 0.396. The molecule has 0 bridgehead atoms. The number of aromatic nitrogens is 1. The van der Waals surface area contributed by atoms with E-state index in [4.69, 9.17) is 0 Å². The maximum absolute atomic E-state index is 12.6. The minimum Gasteiger partial charge on any atom is -0.354 e. The number of nitrogens with zero attached hydrogens (tertiary/aromatic N) is 2. The van der Waals surface area contributed by atoms with Crippen LogP contribution in [0.2, 0.25) is 0 Å². The van der Waals surface area contributed by atoms with Crippen molar-refractivity contribution in [2.45, 2.75) is 19.1 Å². The Hall–Kier alpha value is -1.30. The van der Waals surface area contributed by atoms with Crippen molar-refractivity contribution in [3.63, 3.8) is 0 Å². The summed E-state index contributed by atoms with van der Waals surface area (Å²) in [7, 11) is 0. The number of halogens is 3. The molecule has 0 spiro atoms. The summed E-state index contributed by atoms with van der Waals surface area (Å²) >= 11 is 0. The number of rotatable bonds is 1. The zero-order chi connectivity index (χ0) is 12.5. The van der Waals surface area contributed by atoms with Gasteiger partial charge < -0.3 is 10.2 Å². The van der Waals surface area contributed by atoms with Crippen LogP contribution in [0.3, 0.4) is 0 Å². The van der Waals surface area contributed by atoms with Gasteiger partial charge in [-0.3, -0.25) is 0 Å². The van der Waals surface area contributed by atoms with Crippen LogP contribution in [0.1, 0.15) is 12.5 Å². The van der Waals surface area contributed by atoms with Gasteiger partial charge in [-0.15, -0.1) is 0 Å². The number of pyridine rings is 1. The van der Waals surface area contributed by atoms with E-state index in [1.807, 2.05) is 11.8 Å². The molecule has 0 saturated carbocycles. The molecule has 0 radical (unpaired) electrons. The van der Waals surface area contributed by atoms with E-state index >= 15 is 0 Å². The zero-order valence-corrected chi connectivity index (χ0v) is 9.46. The van der Waals surface area contributed by atoms with Crippen LogP contribution in [0.4, 0.5) is 19.0 Å². The Balaban J connectivity index is 2.21. The van der Waals surface area contributed by atoms with Crippen LogP contribution in [0, 0.1) is 0 Å². The van der Waals surface area contributed by atoms with Crippen LogP contribution >= 0.6 is 0 Å². The van der Waals surface area contributed by atoms with E-state index in [0.29, 0.717) is 18.9 Å². The van der Waals surface area contributed by atoms with Gasteiger partial charge in [0.05, 0.1) is 5.56 Å². The molecule has 1 aliphatic heterocycles. The van der Waals surface area contributed by atoms with Crippen LogP contribution in [0.15, 0.2) is 18.3 Å². The van der Waals surface area contributed by atoms with E-state index in [0.717, 1.165) is 18.7 Å². The van der Waals surface area contributed by atoms with Gasteiger partial charge in [0.25, 0.3) is 0 Å². The van der Waals surface area contributed by atoms with E-state index in [1.54, 1.807) is 0 Å². The van der Waals surface area contributed by atoms with E-state index < -0.39 is 11.7 Å². The first-order chi connectivity index (χ1) is 7.97. The Bertz CT molecular complexity index is 392. The Kier molecular flexibility index (Phi) is 3.24. The van der Waals surface area contributed by atoms with Gasteiger partial charge in [0.1, 0.15) is 5.82 Å². The van der Waals surface area contributed by atoms with Crippen molar-refractivity contribution in [3.05, 3.63) is 23.9 Å². The van der Waals surface area contributed by atoms with Crippen molar-refractivity contribution >= 4 is 5.82 Å². The van der Waals surface area contributed by atoms with Gasteiger partial charge in [0.15, 0.2) is 0 Å². The summed E-state index contributed by atoms with van der Waals surface area (Å²) in [6.07, 6.45) is -3.10. The summed E-state index contributed by atoms with van der Waals surface area (Å²) in [4.78, 5) is 5.88. The molecule has 6 heteroatoms. The maximum atomic E-state index is 12.6. The van der Waals surface area contributed by atoms with Crippen molar-refractivity contribution in [3.8, 4) is 0 Å². The molecule has 0 aromatic carbocycles. The first-order valence-corrected chi connectivity index (χ1v) is 5.48. The fraction of sp³-hybridized carbons (Fsp3) is 0.545. The van der Waals surface area contributed by atoms with E-state index in [2.05, 4.69) is 10.3 Å². The van der Waals surface area contributed by atoms with E-state index in [-0.39, 0.29) is 6.04 Å². The Morgan fingerprint density at radius 1 is 1.47 bits per heavy atom. The van der Waals surface area contributed by atoms with Crippen LogP contribution in [0.25, 0.3) is 0 Å². The van der Waals surface area contributed by atoms with Gasteiger partial charge in [-0.2, -0.15) is 13.2 Å². The Morgan fingerprint density at radius 2 is 2.24 bits per heavy atom. The molecule has 1 saturated heterocycles. The lowest BCUT2D eigenvalue weighted by Gasteiger charge is -2.32. The second-order valence-electron chi connectivity index (χ2n) is 4.20. The summed E-state index contributed by atoms with van der Waals surface area (Å²) in [6, 6.07) is 2.37. The van der Waals surface area contributed by atoms with E-state index in [1.165, 1.54) is 6.20 Å². The zero-order valence-electron chi connectivity index (χ0n) is 9.46. The molecule has 1 unspecified atom stereocenters. The van der Waals surface area contributed by atoms with Crippen molar-refractivity contribution < 1.29 is 13.2 Å². The first-order valence-electron chi connectivity index (χ1n) is 5.48. The van der Waals surface area contributed by atoms with Gasteiger partial charge in [-0.05, 0) is 19.1 Å². The second kappa shape index (κ2) is 4.52. The van der Waals surface area contributed by atoms with Gasteiger partial charge in [0, 0.05) is 31.9 Å². The highest BCUT2D eigenvalue weighted by molar-refractivity contribution is 5.42. The van der Waals surface area contributed by atoms with Crippen molar-refractivity contribution in [1.29, 1.82) is 0 Å². The Morgan fingerprint density at radius 3 is 2.88 bits per heavy atom. The number of piperazine rings is 1. The summed E-state index contributed by atoms with van der Waals surface area (Å²) in [5.41, 5.74) is -0.645. The number of alkyl halides is 3. The second-order valence-corrected chi connectivity index (χ2v) is 4.20. The van der Waals surface area contributed by atoms with Crippen molar-refractivity contribution in [2.75, 3.05) is 24.5 Å². The quantitative estimate of drug-likeness (QED) is 0.819. The molecule has 3 nitrogen and oxygen atoms in total. The number of hydrogen-bond acceptors (Lipinski definition) is 3. The molecule has 1 aromatic rings. The smallest absolute Gasteiger partial charge is 0.354 e. The summed E-state index contributed by atoms with van der Waals surface area (Å²) in [5, 5.41) is 3.23. The number of hydrogen-bond donors (Lipinski definition) is 1. The molecule has 1 atom stereocenters. The largest absolute Gasteiger partial charge is 0.416 e. The minimum absolute atomic E-state index is 0.264. The summed E-state index contributed by atoms with van der Waals surface area (Å²) in [6.45, 7) is 4.12. The lowest BCUT2D eigenvalue weighted by atomic mass is 10.2. The number of nitrogens with one attached hydrogen (secondary N) is 1. The molecule has 0 aliphatic carbocycles. The maximum Gasteiger partial charge on any atom is 0.416 e. The highest BCUT2D eigenvalue weighted by Crippen LogP contribution is 2.30. The molecule has 1 aliphatic rings. The molecule has 1 fully saturated rings. The predicted octanol–water partition coefficient (Wildman–Crippen LogP) is 1.90. The Labute approximate surface area is 97.6 Å². The molecule has 1 aromatic heterocycles. The lowest BCUT2D eigenvalue weighted by molar-refractivity contribution is -0.137. The van der Waals surface area contributed by atoms with Gasteiger partial charge in [-0.1, -0.05) is 0 Å². The predicted molar refractivity (Wildman–Crippen MR) is 58.9 cm³/mol. The van der Waals surface area contributed by atoms with Crippen LogP contribution < -0.4 is 10.2 Å². The average Bonchev–Trinajstić information content (AvgIpc) is 2.28. The molecule has 94 valence electrons. The third kappa shape index (κ3) is 2.88. The topological polar surface area (TPSA) is 28.2 Å². The highest BCUT2D eigenvalue weighted by atomic mass is 19.4. The van der Waals surface area contributed by atoms with Crippen LogP contribution in [-0.4, -0.2) is 30.7 Å². The SMILES string of the molecule is CC1CN(c2cc(C(F)(F)F)ccn2)CCN1. The molecule has 2 rings (SSSR count). The van der Waals surface area contributed by atoms with Gasteiger partial charge >= 0.3 is 6.18 Å². The van der Waals surface area contributed by atoms with Crippen LogP contribution in [0.5, 0.6) is 0 Å². The van der Waals surface area contributed by atoms with Crippen molar-refractivity contribution in [2.24, 2.45) is 0 Å². The van der Waals surface area contributed by atoms with Crippen molar-refractivity contribution in [1.82, 2.24) is 10.3 Å². The number of anilines is 1. The molecular formula is C11H14F3N3. The molecular weight excluding hydrogens is 231 g/mol. The highest BCUT2D eigenvalue weighted by Gasteiger charge is 2.31. The van der Waals surface area contributed by atoms with Gasteiger partial charge in [-0.25, -0.2) is 4.98 Å². The average molecular weight is 245 g/mol. The lowest BCUT2D eigenvalue weighted by Crippen LogP contribution is -2.49. The van der Waals surface area contributed by atoms with Crippen LogP contribution in [-0.2, 0) is 6.18 Å². The third-order valence-electron chi connectivity index (χ3n) is 2.77. The molecule has 17 heavy (non-hydrogen) atoms. The first kappa shape index (κ1) is 12.2. The minimum atomic E-state index is -4.31. The molecule has 1 N–H and O–H groups in total. The van der Waals surface area contributed by atoms with Gasteiger partial charge in [0.2, 0.25) is 0 Å². The molecule has 2 heterocycles. The monoisotopic (exact) mass is 245 g/mol. The molecule has 0 amide bonds. The third-order valence-corrected chi connectivity index (χ3v) is 2.77. The fourth-order valence-electron chi connectivity index (χ4n) is 1.91. The van der Waals surface area contributed by atoms with E-state index in [9.17, 15) is 13.2 Å². The fourth-order valence-corrected chi connectivity index (χ4v) is 1.91. The standard InChI is InChI=1S/C11H14F3N3/c1-8-7-17(5-4-15-8)10-6-9(2-3-16-10)11(12,13)14/h2-3,6,8,15H,4-5,7H2,1H3. The summed E-state index contributed by atoms with van der Waals surface area (Å²) < 4.78 is 37.7. The normalized spacial score (nSPS) is 21.6.